The Balaban J connectivity index is 1.53. The van der Waals surface area contributed by atoms with Gasteiger partial charge in [-0.15, -0.1) is 0 Å². The molecule has 0 radical (unpaired) electrons. The van der Waals surface area contributed by atoms with Crippen molar-refractivity contribution in [3.8, 4) is 5.75 Å². The van der Waals surface area contributed by atoms with Crippen molar-refractivity contribution in [1.82, 2.24) is 4.90 Å². The number of nitrogens with zero attached hydrogens (tertiary/aromatic N) is 3. The number of thioether (sulfide) groups is 1. The van der Waals surface area contributed by atoms with Crippen molar-refractivity contribution in [2.75, 3.05) is 12.4 Å². The second kappa shape index (κ2) is 9.22. The lowest BCUT2D eigenvalue weighted by Crippen LogP contribution is -2.35. The van der Waals surface area contributed by atoms with E-state index in [1.807, 2.05) is 32.0 Å². The molecule has 2 aliphatic rings. The van der Waals surface area contributed by atoms with Crippen LogP contribution in [0, 0.1) is 24.0 Å². The zero-order valence-electron chi connectivity index (χ0n) is 18.5. The van der Waals surface area contributed by atoms with Crippen LogP contribution >= 0.6 is 11.8 Å². The Hall–Kier alpha value is -3.40. The lowest BCUT2D eigenvalue weighted by atomic mass is 10.1. The maximum atomic E-state index is 13.1. The first kappa shape index (κ1) is 22.8. The number of aryl methyl sites for hydroxylation is 2. The zero-order chi connectivity index (χ0) is 23.7. The summed E-state index contributed by atoms with van der Waals surface area (Å²) in [5, 5.41) is 13.9. The number of carbonyl (C=O) groups is 2. The van der Waals surface area contributed by atoms with Crippen LogP contribution < -0.4 is 10.1 Å². The van der Waals surface area contributed by atoms with Crippen LogP contribution in [0.25, 0.3) is 0 Å². The molecule has 1 saturated carbocycles. The van der Waals surface area contributed by atoms with Gasteiger partial charge in [0.25, 0.3) is 5.69 Å². The number of nitrogens with one attached hydrogen (secondary N) is 1. The third kappa shape index (κ3) is 4.85. The number of para-hydroxylation sites is 1. The predicted octanol–water partition coefficient (Wildman–Crippen LogP) is 4.34. The minimum absolute atomic E-state index is 0.0599. The van der Waals surface area contributed by atoms with E-state index in [1.165, 1.54) is 37.1 Å². The largest absolute Gasteiger partial charge is 0.496 e. The van der Waals surface area contributed by atoms with Crippen LogP contribution in [-0.4, -0.2) is 45.2 Å². The van der Waals surface area contributed by atoms with Gasteiger partial charge in [-0.1, -0.05) is 30.0 Å². The summed E-state index contributed by atoms with van der Waals surface area (Å²) in [5.41, 5.74) is 2.64. The van der Waals surface area contributed by atoms with E-state index >= 15 is 0 Å². The molecular weight excluding hydrogens is 444 g/mol. The molecule has 1 saturated heterocycles. The average molecular weight is 469 g/mol. The molecule has 1 atom stereocenters. The van der Waals surface area contributed by atoms with Crippen molar-refractivity contribution >= 4 is 45.8 Å². The van der Waals surface area contributed by atoms with Crippen molar-refractivity contribution in [3.63, 3.8) is 0 Å². The highest BCUT2D eigenvalue weighted by Crippen LogP contribution is 2.40. The quantitative estimate of drug-likeness (QED) is 0.477. The number of rotatable bonds is 7. The summed E-state index contributed by atoms with van der Waals surface area (Å²) in [6.45, 7) is 3.95. The first-order valence-electron chi connectivity index (χ1n) is 10.6. The number of nitro groups is 1. The van der Waals surface area contributed by atoms with Gasteiger partial charge in [-0.25, -0.2) is 4.99 Å². The molecule has 0 bridgehead atoms. The Bertz CT molecular complexity index is 1140. The summed E-state index contributed by atoms with van der Waals surface area (Å²) in [5.74, 6) is -0.307. The standard InChI is InChI=1S/C23H24N4O5S/c1-13-5-4-6-14(2)21(13)25-23-26(15-7-8-15)22(29)19(33-23)12-20(28)24-17-10-9-16(32-3)11-18(17)27(30)31/h4-6,9-11,15,19H,7-8,12H2,1-3H3,(H,24,28). The van der Waals surface area contributed by atoms with Gasteiger partial charge in [0.2, 0.25) is 11.8 Å². The molecule has 172 valence electrons. The number of aliphatic imine (C=N–C) groups is 1. The van der Waals surface area contributed by atoms with E-state index in [2.05, 4.69) is 5.32 Å². The summed E-state index contributed by atoms with van der Waals surface area (Å²) >= 11 is 1.27. The Morgan fingerprint density at radius 1 is 1.27 bits per heavy atom. The number of hydrogen-bond acceptors (Lipinski definition) is 7. The van der Waals surface area contributed by atoms with E-state index in [0.717, 1.165) is 29.7 Å². The minimum atomic E-state index is -0.633. The number of carbonyl (C=O) groups excluding carboxylic acids is 2. The van der Waals surface area contributed by atoms with Gasteiger partial charge in [0.05, 0.1) is 23.8 Å². The van der Waals surface area contributed by atoms with Gasteiger partial charge in [-0.05, 0) is 49.9 Å². The molecule has 1 heterocycles. The molecule has 1 aliphatic carbocycles. The third-order valence-electron chi connectivity index (χ3n) is 5.57. The van der Waals surface area contributed by atoms with E-state index in [1.54, 1.807) is 4.90 Å². The van der Waals surface area contributed by atoms with Crippen molar-refractivity contribution in [3.05, 3.63) is 57.6 Å². The number of benzene rings is 2. The Labute approximate surface area is 195 Å². The number of methoxy groups -OCH3 is 1. The Morgan fingerprint density at radius 2 is 1.97 bits per heavy atom. The fourth-order valence-corrected chi connectivity index (χ4v) is 4.90. The van der Waals surface area contributed by atoms with E-state index in [9.17, 15) is 19.7 Å². The highest BCUT2D eigenvalue weighted by atomic mass is 32.2. The van der Waals surface area contributed by atoms with Gasteiger partial charge in [-0.3, -0.25) is 24.6 Å². The van der Waals surface area contributed by atoms with Crippen LogP contribution in [-0.2, 0) is 9.59 Å². The number of amidine groups is 1. The molecule has 2 amide bonds. The van der Waals surface area contributed by atoms with Crippen LogP contribution in [0.1, 0.15) is 30.4 Å². The highest BCUT2D eigenvalue weighted by molar-refractivity contribution is 8.15. The molecule has 10 heteroatoms. The SMILES string of the molecule is COc1ccc(NC(=O)CC2SC(=Nc3c(C)cccc3C)N(C3CC3)C2=O)c([N+](=O)[O-])c1. The molecule has 2 aromatic carbocycles. The lowest BCUT2D eigenvalue weighted by Gasteiger charge is -2.16. The van der Waals surface area contributed by atoms with Crippen molar-refractivity contribution in [2.24, 2.45) is 4.99 Å². The number of anilines is 1. The lowest BCUT2D eigenvalue weighted by molar-refractivity contribution is -0.384. The smallest absolute Gasteiger partial charge is 0.296 e. The van der Waals surface area contributed by atoms with Gasteiger partial charge < -0.3 is 10.1 Å². The van der Waals surface area contributed by atoms with E-state index in [4.69, 9.17) is 9.73 Å². The fraction of sp³-hybridized carbons (Fsp3) is 0.348. The van der Waals surface area contributed by atoms with Gasteiger partial charge in [0.1, 0.15) is 16.7 Å². The average Bonchev–Trinajstić information content (AvgIpc) is 3.56. The van der Waals surface area contributed by atoms with Gasteiger partial charge in [0, 0.05) is 12.5 Å². The molecule has 1 N–H and O–H groups in total. The molecule has 33 heavy (non-hydrogen) atoms. The predicted molar refractivity (Wildman–Crippen MR) is 127 cm³/mol. The monoisotopic (exact) mass is 468 g/mol. The molecule has 2 aromatic rings. The zero-order valence-corrected chi connectivity index (χ0v) is 19.3. The summed E-state index contributed by atoms with van der Waals surface area (Å²) in [6.07, 6.45) is 1.71. The van der Waals surface area contributed by atoms with Crippen molar-refractivity contribution < 1.29 is 19.2 Å². The number of ether oxygens (including phenoxy) is 1. The van der Waals surface area contributed by atoms with Gasteiger partial charge in [-0.2, -0.15) is 0 Å². The Kier molecular flexibility index (Phi) is 6.37. The normalized spacial score (nSPS) is 19.1. The summed E-state index contributed by atoms with van der Waals surface area (Å²) in [6, 6.07) is 10.2. The first-order valence-corrected chi connectivity index (χ1v) is 11.4. The summed E-state index contributed by atoms with van der Waals surface area (Å²) in [4.78, 5) is 43.2. The molecular formula is C23H24N4O5S. The van der Waals surface area contributed by atoms with Crippen LogP contribution in [0.15, 0.2) is 41.4 Å². The summed E-state index contributed by atoms with van der Waals surface area (Å²) < 4.78 is 5.02. The maximum Gasteiger partial charge on any atom is 0.296 e. The minimum Gasteiger partial charge on any atom is -0.496 e. The molecule has 0 aromatic heterocycles. The molecule has 1 aliphatic heterocycles. The first-order chi connectivity index (χ1) is 15.8. The maximum absolute atomic E-state index is 13.1. The number of nitro benzene ring substituents is 1. The van der Waals surface area contributed by atoms with Crippen LogP contribution in [0.2, 0.25) is 0 Å². The van der Waals surface area contributed by atoms with E-state index in [0.29, 0.717) is 10.9 Å². The van der Waals surface area contributed by atoms with Gasteiger partial charge >= 0.3 is 0 Å². The number of amides is 2. The second-order valence-corrected chi connectivity index (χ2v) is 9.24. The van der Waals surface area contributed by atoms with Crippen molar-refractivity contribution in [2.45, 2.75) is 44.4 Å². The number of hydrogen-bond donors (Lipinski definition) is 1. The fourth-order valence-electron chi connectivity index (χ4n) is 3.70. The Morgan fingerprint density at radius 3 is 2.58 bits per heavy atom. The third-order valence-corrected chi connectivity index (χ3v) is 6.72. The molecule has 4 rings (SSSR count). The molecule has 2 fully saturated rings. The molecule has 0 spiro atoms. The van der Waals surface area contributed by atoms with Crippen LogP contribution in [0.3, 0.4) is 0 Å². The summed E-state index contributed by atoms with van der Waals surface area (Å²) in [7, 11) is 1.41. The second-order valence-electron chi connectivity index (χ2n) is 8.07. The molecule has 9 nitrogen and oxygen atoms in total. The molecule has 1 unspecified atom stereocenters. The van der Waals surface area contributed by atoms with E-state index < -0.39 is 16.1 Å². The van der Waals surface area contributed by atoms with Crippen LogP contribution in [0.4, 0.5) is 17.1 Å². The van der Waals surface area contributed by atoms with Crippen molar-refractivity contribution in [1.29, 1.82) is 0 Å². The topological polar surface area (TPSA) is 114 Å². The van der Waals surface area contributed by atoms with Gasteiger partial charge in [0.15, 0.2) is 5.17 Å². The van der Waals surface area contributed by atoms with Crippen LogP contribution in [0.5, 0.6) is 5.75 Å². The van der Waals surface area contributed by atoms with E-state index in [-0.39, 0.29) is 29.7 Å². The highest BCUT2D eigenvalue weighted by Gasteiger charge is 2.46.